The van der Waals surface area contributed by atoms with E-state index in [1.807, 2.05) is 0 Å². The van der Waals surface area contributed by atoms with Crippen LogP contribution < -0.4 is 10.1 Å². The van der Waals surface area contributed by atoms with Crippen molar-refractivity contribution < 1.29 is 26.7 Å². The van der Waals surface area contributed by atoms with Gasteiger partial charge >= 0.3 is 0 Å². The van der Waals surface area contributed by atoms with E-state index in [9.17, 15) is 22.0 Å². The molecule has 1 saturated heterocycles. The van der Waals surface area contributed by atoms with Crippen LogP contribution in [0, 0.1) is 17.6 Å². The molecule has 2 aromatic rings. The van der Waals surface area contributed by atoms with Crippen LogP contribution in [0.5, 0.6) is 5.75 Å². The van der Waals surface area contributed by atoms with Crippen LogP contribution >= 0.6 is 11.6 Å². The predicted octanol–water partition coefficient (Wildman–Crippen LogP) is 4.06. The third-order valence-electron chi connectivity index (χ3n) is 4.85. The van der Waals surface area contributed by atoms with E-state index in [0.29, 0.717) is 12.4 Å². The summed E-state index contributed by atoms with van der Waals surface area (Å²) in [6, 6.07) is 7.07. The second-order valence-corrected chi connectivity index (χ2v) is 9.16. The van der Waals surface area contributed by atoms with Gasteiger partial charge in [0, 0.05) is 25.1 Å². The summed E-state index contributed by atoms with van der Waals surface area (Å²) < 4.78 is 59.4. The van der Waals surface area contributed by atoms with Gasteiger partial charge < -0.3 is 10.1 Å². The molecule has 1 N–H and O–H groups in total. The zero-order valence-corrected chi connectivity index (χ0v) is 17.8. The number of nitrogens with zero attached hydrogens (tertiary/aromatic N) is 1. The van der Waals surface area contributed by atoms with Crippen molar-refractivity contribution in [3.63, 3.8) is 0 Å². The molecule has 0 bridgehead atoms. The fourth-order valence-electron chi connectivity index (χ4n) is 3.25. The van der Waals surface area contributed by atoms with Crippen LogP contribution in [0.3, 0.4) is 0 Å². The number of carbonyl (C=O) groups is 1. The summed E-state index contributed by atoms with van der Waals surface area (Å²) in [6.07, 6.45) is 0.513. The monoisotopic (exact) mass is 458 g/mol. The van der Waals surface area contributed by atoms with Crippen LogP contribution in [0.25, 0.3) is 0 Å². The standard InChI is InChI=1S/C20H21ClF2N2O4S/c1-2-29-19-6-4-15(12-16(19)21)30(27,28)25-9-7-13(8-10-25)20(26)24-18-11-14(22)3-5-17(18)23/h3-6,11-13H,2,7-10H2,1H3,(H,24,26). The van der Waals surface area contributed by atoms with Crippen LogP contribution in [0.2, 0.25) is 5.02 Å². The smallest absolute Gasteiger partial charge is 0.243 e. The third kappa shape index (κ3) is 4.91. The van der Waals surface area contributed by atoms with Crippen molar-refractivity contribution in [1.82, 2.24) is 4.31 Å². The molecule has 0 radical (unpaired) electrons. The molecule has 0 atom stereocenters. The first-order valence-electron chi connectivity index (χ1n) is 9.40. The number of anilines is 1. The molecule has 0 spiro atoms. The zero-order chi connectivity index (χ0) is 21.9. The molecular weight excluding hydrogens is 438 g/mol. The van der Waals surface area contributed by atoms with Crippen LogP contribution in [0.4, 0.5) is 14.5 Å². The lowest BCUT2D eigenvalue weighted by Crippen LogP contribution is -2.41. The SMILES string of the molecule is CCOc1ccc(S(=O)(=O)N2CCC(C(=O)Nc3cc(F)ccc3F)CC2)cc1Cl. The highest BCUT2D eigenvalue weighted by Gasteiger charge is 2.32. The Kier molecular flexibility index (Phi) is 6.95. The number of nitrogens with one attached hydrogen (secondary N) is 1. The Morgan fingerprint density at radius 1 is 1.20 bits per heavy atom. The summed E-state index contributed by atoms with van der Waals surface area (Å²) in [7, 11) is -3.78. The Labute approximate surface area is 178 Å². The van der Waals surface area contributed by atoms with Crippen molar-refractivity contribution in [3.05, 3.63) is 53.1 Å². The lowest BCUT2D eigenvalue weighted by molar-refractivity contribution is -0.120. The van der Waals surface area contributed by atoms with E-state index in [1.54, 1.807) is 6.92 Å². The Bertz CT molecular complexity index is 1040. The minimum atomic E-state index is -3.78. The maximum absolute atomic E-state index is 13.7. The maximum Gasteiger partial charge on any atom is 0.243 e. The Balaban J connectivity index is 1.65. The molecule has 2 aromatic carbocycles. The molecule has 1 fully saturated rings. The molecule has 0 saturated carbocycles. The Hall–Kier alpha value is -2.23. The number of sulfonamides is 1. The second-order valence-electron chi connectivity index (χ2n) is 6.82. The molecule has 10 heteroatoms. The molecule has 1 amide bonds. The molecule has 6 nitrogen and oxygen atoms in total. The quantitative estimate of drug-likeness (QED) is 0.708. The van der Waals surface area contributed by atoms with Gasteiger partial charge in [0.2, 0.25) is 15.9 Å². The fourth-order valence-corrected chi connectivity index (χ4v) is 5.05. The summed E-state index contributed by atoms with van der Waals surface area (Å²) in [5, 5.41) is 2.58. The number of benzene rings is 2. The van der Waals surface area contributed by atoms with E-state index in [0.717, 1.165) is 18.2 Å². The molecule has 3 rings (SSSR count). The Morgan fingerprint density at radius 3 is 2.53 bits per heavy atom. The summed E-state index contributed by atoms with van der Waals surface area (Å²) >= 11 is 6.10. The number of hydrogen-bond acceptors (Lipinski definition) is 4. The lowest BCUT2D eigenvalue weighted by atomic mass is 9.97. The van der Waals surface area contributed by atoms with Gasteiger partial charge in [0.1, 0.15) is 17.4 Å². The number of carbonyl (C=O) groups excluding carboxylic acids is 1. The largest absolute Gasteiger partial charge is 0.492 e. The van der Waals surface area contributed by atoms with E-state index in [-0.39, 0.29) is 41.5 Å². The highest BCUT2D eigenvalue weighted by atomic mass is 35.5. The molecule has 0 unspecified atom stereocenters. The highest BCUT2D eigenvalue weighted by Crippen LogP contribution is 2.30. The minimum absolute atomic E-state index is 0.0423. The fraction of sp³-hybridized carbons (Fsp3) is 0.350. The first-order valence-corrected chi connectivity index (χ1v) is 11.2. The first kappa shape index (κ1) is 22.5. The van der Waals surface area contributed by atoms with Crippen LogP contribution in [-0.4, -0.2) is 38.3 Å². The number of hydrogen-bond donors (Lipinski definition) is 1. The molecule has 0 aromatic heterocycles. The number of amides is 1. The molecular formula is C20H21ClF2N2O4S. The van der Waals surface area contributed by atoms with E-state index in [4.69, 9.17) is 16.3 Å². The molecule has 1 aliphatic heterocycles. The van der Waals surface area contributed by atoms with Crippen LogP contribution in [0.1, 0.15) is 19.8 Å². The van der Waals surface area contributed by atoms with Gasteiger partial charge in [0.25, 0.3) is 0 Å². The predicted molar refractivity (Wildman–Crippen MR) is 109 cm³/mol. The number of piperidine rings is 1. The normalized spacial score (nSPS) is 15.7. The first-order chi connectivity index (χ1) is 14.2. The molecule has 30 heavy (non-hydrogen) atoms. The van der Waals surface area contributed by atoms with Gasteiger partial charge in [-0.3, -0.25) is 4.79 Å². The van der Waals surface area contributed by atoms with Crippen molar-refractivity contribution in [2.24, 2.45) is 5.92 Å². The van der Waals surface area contributed by atoms with Crippen molar-refractivity contribution in [3.8, 4) is 5.75 Å². The van der Waals surface area contributed by atoms with Crippen LogP contribution in [-0.2, 0) is 14.8 Å². The summed E-state index contributed by atoms with van der Waals surface area (Å²) in [5.74, 6) is -1.99. The minimum Gasteiger partial charge on any atom is -0.492 e. The molecule has 0 aliphatic carbocycles. The number of rotatable bonds is 6. The molecule has 162 valence electrons. The van der Waals surface area contributed by atoms with E-state index in [2.05, 4.69) is 5.32 Å². The van der Waals surface area contributed by atoms with Gasteiger partial charge in [0.15, 0.2) is 0 Å². The van der Waals surface area contributed by atoms with E-state index < -0.39 is 33.5 Å². The van der Waals surface area contributed by atoms with E-state index >= 15 is 0 Å². The van der Waals surface area contributed by atoms with Gasteiger partial charge in [-0.2, -0.15) is 4.31 Å². The zero-order valence-electron chi connectivity index (χ0n) is 16.2. The van der Waals surface area contributed by atoms with Crippen LogP contribution in [0.15, 0.2) is 41.3 Å². The Morgan fingerprint density at radius 2 is 1.90 bits per heavy atom. The van der Waals surface area contributed by atoms with Crippen molar-refractivity contribution >= 4 is 33.2 Å². The summed E-state index contributed by atoms with van der Waals surface area (Å²) in [6.45, 7) is 2.44. The summed E-state index contributed by atoms with van der Waals surface area (Å²) in [4.78, 5) is 12.4. The van der Waals surface area contributed by atoms with Gasteiger partial charge in [-0.25, -0.2) is 17.2 Å². The second kappa shape index (κ2) is 9.28. The van der Waals surface area contributed by atoms with Gasteiger partial charge in [0.05, 0.1) is 22.2 Å². The van der Waals surface area contributed by atoms with Gasteiger partial charge in [-0.15, -0.1) is 0 Å². The van der Waals surface area contributed by atoms with Gasteiger partial charge in [-0.05, 0) is 50.1 Å². The lowest BCUT2D eigenvalue weighted by Gasteiger charge is -2.30. The number of ether oxygens (including phenoxy) is 1. The highest BCUT2D eigenvalue weighted by molar-refractivity contribution is 7.89. The van der Waals surface area contributed by atoms with E-state index in [1.165, 1.54) is 22.5 Å². The number of halogens is 3. The van der Waals surface area contributed by atoms with Crippen molar-refractivity contribution in [1.29, 1.82) is 0 Å². The van der Waals surface area contributed by atoms with Gasteiger partial charge in [-0.1, -0.05) is 11.6 Å². The maximum atomic E-state index is 13.7. The third-order valence-corrected chi connectivity index (χ3v) is 7.04. The average Bonchev–Trinajstić information content (AvgIpc) is 2.72. The topological polar surface area (TPSA) is 75.7 Å². The molecule has 1 heterocycles. The molecule has 1 aliphatic rings. The summed E-state index contributed by atoms with van der Waals surface area (Å²) in [5.41, 5.74) is -0.237. The average molecular weight is 459 g/mol. The van der Waals surface area contributed by atoms with Crippen molar-refractivity contribution in [2.75, 3.05) is 25.0 Å². The van der Waals surface area contributed by atoms with Crippen molar-refractivity contribution in [2.45, 2.75) is 24.7 Å².